The van der Waals surface area contributed by atoms with Crippen LogP contribution >= 0.6 is 11.3 Å². The Labute approximate surface area is 237 Å². The number of aromatic nitrogens is 2. The van der Waals surface area contributed by atoms with Crippen LogP contribution in [0.2, 0.25) is 0 Å². The molecule has 1 aliphatic heterocycles. The summed E-state index contributed by atoms with van der Waals surface area (Å²) in [5.41, 5.74) is 1.40. The van der Waals surface area contributed by atoms with Gasteiger partial charge in [-0.25, -0.2) is 4.68 Å². The molecule has 0 radical (unpaired) electrons. The molecule has 0 bridgehead atoms. The smallest absolute Gasteiger partial charge is 0.410 e. The van der Waals surface area contributed by atoms with Crippen LogP contribution in [0.25, 0.3) is 0 Å². The van der Waals surface area contributed by atoms with Gasteiger partial charge in [-0.1, -0.05) is 32.0 Å². The van der Waals surface area contributed by atoms with Crippen molar-refractivity contribution in [3.63, 3.8) is 0 Å². The molecule has 0 fully saturated rings. The lowest BCUT2D eigenvalue weighted by Crippen LogP contribution is -2.36. The van der Waals surface area contributed by atoms with Gasteiger partial charge in [-0.2, -0.15) is 18.3 Å². The van der Waals surface area contributed by atoms with Crippen molar-refractivity contribution < 1.29 is 27.6 Å². The number of non-ortho nitro benzene ring substituents is 1. The van der Waals surface area contributed by atoms with Crippen molar-refractivity contribution in [2.24, 2.45) is 0 Å². The summed E-state index contributed by atoms with van der Waals surface area (Å²) < 4.78 is 48.7. The van der Waals surface area contributed by atoms with Crippen molar-refractivity contribution in [3.8, 4) is 11.5 Å². The molecule has 2 N–H and O–H groups in total. The Morgan fingerprint density at radius 3 is 2.68 bits per heavy atom. The van der Waals surface area contributed by atoms with E-state index in [1.54, 1.807) is 17.5 Å². The molecule has 9 nitrogen and oxygen atoms in total. The van der Waals surface area contributed by atoms with Gasteiger partial charge in [0.05, 0.1) is 28.9 Å². The van der Waals surface area contributed by atoms with Crippen molar-refractivity contribution in [1.82, 2.24) is 9.78 Å². The number of hydrogen-bond donors (Lipinski definition) is 2. The molecule has 0 unspecified atom stereocenters. The van der Waals surface area contributed by atoms with Gasteiger partial charge in [0.2, 0.25) is 0 Å². The fraction of sp³-hybridized carbons (Fsp3) is 0.286. The highest BCUT2D eigenvalue weighted by Crippen LogP contribution is 2.45. The Balaban J connectivity index is 1.47. The van der Waals surface area contributed by atoms with E-state index >= 15 is 0 Å². The van der Waals surface area contributed by atoms with Gasteiger partial charge in [0.1, 0.15) is 22.9 Å². The number of nitrogens with one attached hydrogen (secondary N) is 2. The molecule has 13 heteroatoms. The van der Waals surface area contributed by atoms with Gasteiger partial charge in [0, 0.05) is 23.4 Å². The third-order valence-electron chi connectivity index (χ3n) is 6.75. The summed E-state index contributed by atoms with van der Waals surface area (Å²) in [5.74, 6) is -0.116. The highest BCUT2D eigenvalue weighted by molar-refractivity contribution is 7.10. The summed E-state index contributed by atoms with van der Waals surface area (Å²) in [7, 11) is 0. The fourth-order valence-electron chi connectivity index (χ4n) is 4.76. The lowest BCUT2D eigenvalue weighted by atomic mass is 10.0. The van der Waals surface area contributed by atoms with E-state index in [0.717, 1.165) is 28.1 Å². The van der Waals surface area contributed by atoms with Gasteiger partial charge >= 0.3 is 6.18 Å². The van der Waals surface area contributed by atoms with E-state index < -0.39 is 29.1 Å². The summed E-state index contributed by atoms with van der Waals surface area (Å²) in [5, 5.41) is 22.9. The first-order valence-corrected chi connectivity index (χ1v) is 13.6. The number of amides is 1. The number of hydrogen-bond acceptors (Lipinski definition) is 7. The van der Waals surface area contributed by atoms with Crippen molar-refractivity contribution in [3.05, 3.63) is 91.8 Å². The van der Waals surface area contributed by atoms with Crippen LogP contribution in [0.4, 0.5) is 30.4 Å². The number of carbonyl (C=O) groups excluding carboxylic acids is 1. The zero-order chi connectivity index (χ0) is 29.5. The lowest BCUT2D eigenvalue weighted by molar-refractivity contribution is -0.384. The second-order valence-corrected chi connectivity index (χ2v) is 11.1. The van der Waals surface area contributed by atoms with Crippen molar-refractivity contribution >= 4 is 34.4 Å². The van der Waals surface area contributed by atoms with Crippen LogP contribution in [0, 0.1) is 17.0 Å². The molecule has 41 heavy (non-hydrogen) atoms. The van der Waals surface area contributed by atoms with Crippen molar-refractivity contribution in [1.29, 1.82) is 0 Å². The first kappa shape index (κ1) is 28.1. The number of alkyl halides is 3. The van der Waals surface area contributed by atoms with E-state index in [1.165, 1.54) is 23.5 Å². The predicted octanol–water partition coefficient (Wildman–Crippen LogP) is 7.99. The minimum Gasteiger partial charge on any atom is -0.457 e. The molecule has 5 rings (SSSR count). The molecule has 214 valence electrons. The van der Waals surface area contributed by atoms with Crippen molar-refractivity contribution in [2.75, 3.05) is 10.6 Å². The zero-order valence-electron chi connectivity index (χ0n) is 22.2. The minimum absolute atomic E-state index is 0.0379. The average molecular weight is 586 g/mol. The van der Waals surface area contributed by atoms with Gasteiger partial charge in [-0.05, 0) is 41.5 Å². The van der Waals surface area contributed by atoms with E-state index in [1.807, 2.05) is 39.0 Å². The van der Waals surface area contributed by atoms with E-state index in [0.29, 0.717) is 10.6 Å². The summed E-state index contributed by atoms with van der Waals surface area (Å²) in [6, 6.07) is 10.3. The minimum atomic E-state index is -4.59. The standard InChI is InChI=1S/C28H26F3N5O4S/c1-15(2)20-7-6-16(3)9-23(20)40-19-11-17(10-18(12-19)36(38)39)33-27(37)21-14-32-35-25(28(29,30)31)13-22(34-26(21)35)24-5-4-8-41-24/h4-12,14-15,22,25,34H,13H2,1-3H3,(H,33,37)/t22-,25+/m1/s1. The quantitative estimate of drug-likeness (QED) is 0.168. The number of nitro groups is 1. The van der Waals surface area contributed by atoms with Crippen LogP contribution in [0.15, 0.2) is 60.1 Å². The fourth-order valence-corrected chi connectivity index (χ4v) is 5.55. The molecule has 3 heterocycles. The molecular formula is C28H26F3N5O4S. The molecule has 1 amide bonds. The predicted molar refractivity (Wildman–Crippen MR) is 149 cm³/mol. The molecule has 0 saturated heterocycles. The Hall–Kier alpha value is -4.39. The summed E-state index contributed by atoms with van der Waals surface area (Å²) in [6.07, 6.45) is -3.82. The molecule has 0 aliphatic carbocycles. The van der Waals surface area contributed by atoms with Gasteiger partial charge in [0.25, 0.3) is 11.6 Å². The maximum Gasteiger partial charge on any atom is 0.410 e. The Kier molecular flexibility index (Phi) is 7.47. The first-order valence-electron chi connectivity index (χ1n) is 12.7. The number of halogens is 3. The number of nitrogens with zero attached hydrogens (tertiary/aromatic N) is 3. The molecule has 0 saturated carbocycles. The lowest BCUT2D eigenvalue weighted by Gasteiger charge is -2.33. The number of benzene rings is 2. The Morgan fingerprint density at radius 2 is 2.02 bits per heavy atom. The van der Waals surface area contributed by atoms with Gasteiger partial charge < -0.3 is 15.4 Å². The maximum atomic E-state index is 14.0. The first-order chi connectivity index (χ1) is 19.4. The summed E-state index contributed by atoms with van der Waals surface area (Å²) >= 11 is 1.31. The second kappa shape index (κ2) is 10.9. The van der Waals surface area contributed by atoms with E-state index in [-0.39, 0.29) is 40.8 Å². The molecule has 2 atom stereocenters. The van der Waals surface area contributed by atoms with Crippen LogP contribution in [0.3, 0.4) is 0 Å². The van der Waals surface area contributed by atoms with Crippen molar-refractivity contribution in [2.45, 2.75) is 51.4 Å². The monoisotopic (exact) mass is 585 g/mol. The largest absolute Gasteiger partial charge is 0.457 e. The Bertz CT molecular complexity index is 1600. The third-order valence-corrected chi connectivity index (χ3v) is 7.73. The van der Waals surface area contributed by atoms with E-state index in [9.17, 15) is 28.1 Å². The molecule has 2 aromatic carbocycles. The van der Waals surface area contributed by atoms with Gasteiger partial charge in [0.15, 0.2) is 6.04 Å². The second-order valence-electron chi connectivity index (χ2n) is 10.1. The number of fused-ring (bicyclic) bond motifs is 1. The normalized spacial score (nSPS) is 16.7. The molecule has 1 aliphatic rings. The van der Waals surface area contributed by atoms with E-state index in [4.69, 9.17) is 4.74 Å². The molecule has 4 aromatic rings. The van der Waals surface area contributed by atoms with Crippen LogP contribution in [0.1, 0.15) is 64.6 Å². The topological polar surface area (TPSA) is 111 Å². The number of aryl methyl sites for hydroxylation is 1. The van der Waals surface area contributed by atoms with Crippen LogP contribution < -0.4 is 15.4 Å². The number of ether oxygens (including phenoxy) is 1. The number of thiophene rings is 1. The maximum absolute atomic E-state index is 14.0. The van der Waals surface area contributed by atoms with Gasteiger partial charge in [-0.3, -0.25) is 14.9 Å². The number of carbonyl (C=O) groups is 1. The molecule has 0 spiro atoms. The molecule has 2 aromatic heterocycles. The van der Waals surface area contributed by atoms with Crippen LogP contribution in [0.5, 0.6) is 11.5 Å². The average Bonchev–Trinajstić information content (AvgIpc) is 3.57. The third kappa shape index (κ3) is 5.89. The van der Waals surface area contributed by atoms with E-state index in [2.05, 4.69) is 15.7 Å². The molecular weight excluding hydrogens is 559 g/mol. The SMILES string of the molecule is Cc1ccc(C(C)C)c(Oc2cc(NC(=O)c3cnn4c3N[C@@H](c3cccs3)C[C@H]4C(F)(F)F)cc([N+](=O)[O-])c2)c1. The zero-order valence-corrected chi connectivity index (χ0v) is 23.0. The highest BCUT2D eigenvalue weighted by Gasteiger charge is 2.47. The Morgan fingerprint density at radius 1 is 1.24 bits per heavy atom. The number of anilines is 2. The van der Waals surface area contributed by atoms with Crippen LogP contribution in [-0.4, -0.2) is 26.8 Å². The van der Waals surface area contributed by atoms with Crippen LogP contribution in [-0.2, 0) is 0 Å². The number of rotatable bonds is 7. The summed E-state index contributed by atoms with van der Waals surface area (Å²) in [6.45, 7) is 5.87. The number of nitro benzene ring substituents is 1. The van der Waals surface area contributed by atoms with Gasteiger partial charge in [-0.15, -0.1) is 11.3 Å². The highest BCUT2D eigenvalue weighted by atomic mass is 32.1. The summed E-state index contributed by atoms with van der Waals surface area (Å²) in [4.78, 5) is 25.1.